The first-order valence-electron chi connectivity index (χ1n) is 8.68. The number of hydroxylamine groups is 2. The number of hydrogen-bond donors (Lipinski definition) is 1. The van der Waals surface area contributed by atoms with Gasteiger partial charge in [-0.2, -0.15) is 0 Å². The second-order valence-corrected chi connectivity index (χ2v) is 8.52. The highest BCUT2D eigenvalue weighted by atomic mass is 32.2. The molecule has 0 aromatic heterocycles. The molecule has 2 aromatic rings. The van der Waals surface area contributed by atoms with E-state index in [0.29, 0.717) is 23.4 Å². The molecule has 0 bridgehead atoms. The molecule has 6 nitrogen and oxygen atoms in total. The normalized spacial score (nSPS) is 17.9. The lowest BCUT2D eigenvalue weighted by Crippen LogP contribution is -2.29. The number of aromatic hydroxyl groups is 1. The summed E-state index contributed by atoms with van der Waals surface area (Å²) in [7, 11) is -3.31. The quantitative estimate of drug-likeness (QED) is 0.594. The summed E-state index contributed by atoms with van der Waals surface area (Å²) in [5.74, 6) is 0.575. The number of carbonyl (C=O) groups excluding carboxylic acids is 1. The predicted molar refractivity (Wildman–Crippen MR) is 106 cm³/mol. The van der Waals surface area contributed by atoms with Gasteiger partial charge in [0.25, 0.3) is 0 Å². The second-order valence-electron chi connectivity index (χ2n) is 6.50. The predicted octanol–water partition coefficient (Wildman–Crippen LogP) is 3.10. The van der Waals surface area contributed by atoms with Crippen molar-refractivity contribution in [1.82, 2.24) is 5.06 Å². The van der Waals surface area contributed by atoms with E-state index in [1.165, 1.54) is 12.1 Å². The highest BCUT2D eigenvalue weighted by Crippen LogP contribution is 2.34. The maximum atomic E-state index is 11.8. The molecule has 1 aliphatic rings. The largest absolute Gasteiger partial charge is 0.508 e. The van der Waals surface area contributed by atoms with Crippen LogP contribution in [0.1, 0.15) is 18.1 Å². The lowest BCUT2D eigenvalue weighted by Gasteiger charge is -2.21. The monoisotopic (exact) mass is 399 g/mol. The third kappa shape index (κ3) is 4.16. The lowest BCUT2D eigenvalue weighted by molar-refractivity contribution is -0.107. The van der Waals surface area contributed by atoms with Crippen LogP contribution in [0.2, 0.25) is 0 Å². The Bertz CT molecular complexity index is 1020. The first-order valence-corrected chi connectivity index (χ1v) is 10.6. The molecule has 28 heavy (non-hydrogen) atoms. The Balaban J connectivity index is 1.94. The van der Waals surface area contributed by atoms with Crippen molar-refractivity contribution >= 4 is 21.9 Å². The van der Waals surface area contributed by atoms with Gasteiger partial charge in [-0.3, -0.25) is 4.79 Å². The number of carbonyl (C=O) groups is 1. The smallest absolute Gasteiger partial charge is 0.175 e. The zero-order valence-electron chi connectivity index (χ0n) is 15.6. The molecule has 1 unspecified atom stereocenters. The fraction of sp³-hybridized carbons (Fsp3) is 0.190. The molecule has 0 fully saturated rings. The summed E-state index contributed by atoms with van der Waals surface area (Å²) in [5.41, 5.74) is 1.99. The van der Waals surface area contributed by atoms with Crippen molar-refractivity contribution < 1.29 is 23.2 Å². The highest BCUT2D eigenvalue weighted by Gasteiger charge is 2.34. The van der Waals surface area contributed by atoms with Crippen LogP contribution in [-0.4, -0.2) is 37.2 Å². The SMILES string of the molecule is C/C=C/C1C(C=O)=C(c2ccc(S(C)(=O)=O)cc2)ON1Cc1ccc(O)cc1. The fourth-order valence-electron chi connectivity index (χ4n) is 3.01. The Morgan fingerprint density at radius 2 is 1.75 bits per heavy atom. The van der Waals surface area contributed by atoms with Crippen molar-refractivity contribution in [3.05, 3.63) is 77.4 Å². The van der Waals surface area contributed by atoms with Gasteiger partial charge in [0, 0.05) is 11.8 Å². The molecule has 1 atom stereocenters. The number of hydrogen-bond acceptors (Lipinski definition) is 6. The van der Waals surface area contributed by atoms with Crippen molar-refractivity contribution in [2.45, 2.75) is 24.4 Å². The first kappa shape index (κ1) is 19.9. The number of benzene rings is 2. The van der Waals surface area contributed by atoms with E-state index >= 15 is 0 Å². The van der Waals surface area contributed by atoms with Gasteiger partial charge in [0.15, 0.2) is 21.9 Å². The average molecular weight is 399 g/mol. The Morgan fingerprint density at radius 3 is 2.29 bits per heavy atom. The van der Waals surface area contributed by atoms with E-state index in [1.807, 2.05) is 19.1 Å². The van der Waals surface area contributed by atoms with Crippen LogP contribution in [0, 0.1) is 0 Å². The van der Waals surface area contributed by atoms with E-state index in [-0.39, 0.29) is 16.7 Å². The van der Waals surface area contributed by atoms with E-state index < -0.39 is 9.84 Å². The molecule has 0 aliphatic carbocycles. The minimum atomic E-state index is -3.31. The van der Waals surface area contributed by atoms with E-state index in [2.05, 4.69) is 0 Å². The molecule has 146 valence electrons. The Morgan fingerprint density at radius 1 is 1.11 bits per heavy atom. The molecule has 3 rings (SSSR count). The van der Waals surface area contributed by atoms with Crippen molar-refractivity contribution in [1.29, 1.82) is 0 Å². The summed E-state index contributed by atoms with van der Waals surface area (Å²) in [6.45, 7) is 2.26. The van der Waals surface area contributed by atoms with Gasteiger partial charge in [-0.15, -0.1) is 5.06 Å². The molecule has 0 saturated heterocycles. The average Bonchev–Trinajstić information content (AvgIpc) is 3.00. The molecular weight excluding hydrogens is 378 g/mol. The summed E-state index contributed by atoms with van der Waals surface area (Å²) >= 11 is 0. The van der Waals surface area contributed by atoms with Crippen molar-refractivity contribution in [2.24, 2.45) is 0 Å². The summed E-state index contributed by atoms with van der Waals surface area (Å²) in [5, 5.41) is 11.1. The molecule has 0 saturated carbocycles. The summed E-state index contributed by atoms with van der Waals surface area (Å²) in [6.07, 6.45) is 5.62. The second kappa shape index (κ2) is 8.00. The number of phenols is 1. The highest BCUT2D eigenvalue weighted by molar-refractivity contribution is 7.90. The molecule has 0 amide bonds. The Labute approximate surface area is 164 Å². The molecule has 1 N–H and O–H groups in total. The van der Waals surface area contributed by atoms with Gasteiger partial charge in [-0.25, -0.2) is 8.42 Å². The van der Waals surface area contributed by atoms with Crippen LogP contribution < -0.4 is 0 Å². The van der Waals surface area contributed by atoms with Crippen molar-refractivity contribution in [3.63, 3.8) is 0 Å². The number of rotatable bonds is 6. The summed E-state index contributed by atoms with van der Waals surface area (Å²) in [6, 6.07) is 12.6. The molecule has 2 aromatic carbocycles. The van der Waals surface area contributed by atoms with E-state index in [1.54, 1.807) is 41.5 Å². The van der Waals surface area contributed by atoms with Crippen LogP contribution in [0.4, 0.5) is 0 Å². The van der Waals surface area contributed by atoms with Gasteiger partial charge in [0.05, 0.1) is 23.1 Å². The van der Waals surface area contributed by atoms with Crippen molar-refractivity contribution in [2.75, 3.05) is 6.26 Å². The van der Waals surface area contributed by atoms with E-state index in [0.717, 1.165) is 18.1 Å². The van der Waals surface area contributed by atoms with Gasteiger partial charge in [-0.1, -0.05) is 24.3 Å². The van der Waals surface area contributed by atoms with Crippen LogP contribution in [-0.2, 0) is 26.0 Å². The maximum absolute atomic E-state index is 11.8. The summed E-state index contributed by atoms with van der Waals surface area (Å²) < 4.78 is 23.3. The third-order valence-corrected chi connectivity index (χ3v) is 5.55. The number of aldehydes is 1. The van der Waals surface area contributed by atoms with Crippen molar-refractivity contribution in [3.8, 4) is 5.75 Å². The molecule has 1 heterocycles. The minimum Gasteiger partial charge on any atom is -0.508 e. The third-order valence-electron chi connectivity index (χ3n) is 4.42. The zero-order chi connectivity index (χ0) is 20.3. The number of sulfone groups is 1. The first-order chi connectivity index (χ1) is 13.3. The summed E-state index contributed by atoms with van der Waals surface area (Å²) in [4.78, 5) is 18.0. The standard InChI is InChI=1S/C21H21NO5S/c1-3-4-20-19(14-23)21(16-7-11-18(12-8-16)28(2,25)26)27-22(20)13-15-5-9-17(24)10-6-15/h3-12,14,20,24H,13H2,1-2H3/b4-3+. The molecular formula is C21H21NO5S. The van der Waals surface area contributed by atoms with Crippen LogP contribution in [0.5, 0.6) is 5.75 Å². The molecule has 1 aliphatic heterocycles. The van der Waals surface area contributed by atoms with Gasteiger partial charge >= 0.3 is 0 Å². The topological polar surface area (TPSA) is 83.9 Å². The maximum Gasteiger partial charge on any atom is 0.175 e. The van der Waals surface area contributed by atoms with Crippen LogP contribution >= 0.6 is 0 Å². The lowest BCUT2D eigenvalue weighted by atomic mass is 10.0. The zero-order valence-corrected chi connectivity index (χ0v) is 16.4. The van der Waals surface area contributed by atoms with E-state index in [9.17, 15) is 18.3 Å². The number of nitrogens with zero attached hydrogens (tertiary/aromatic N) is 1. The van der Waals surface area contributed by atoms with Gasteiger partial charge in [0.1, 0.15) is 5.75 Å². The molecule has 0 radical (unpaired) electrons. The Kier molecular flexibility index (Phi) is 5.67. The molecule has 7 heteroatoms. The van der Waals surface area contributed by atoms with Gasteiger partial charge < -0.3 is 9.94 Å². The number of phenolic OH excluding ortho intramolecular Hbond substituents is 1. The van der Waals surface area contributed by atoms with Crippen LogP contribution in [0.25, 0.3) is 5.76 Å². The van der Waals surface area contributed by atoms with Crippen LogP contribution in [0.3, 0.4) is 0 Å². The van der Waals surface area contributed by atoms with Crippen LogP contribution in [0.15, 0.2) is 71.2 Å². The number of allylic oxidation sites excluding steroid dienone is 1. The Hall–Kier alpha value is -2.90. The minimum absolute atomic E-state index is 0.175. The van der Waals surface area contributed by atoms with Gasteiger partial charge in [-0.05, 0) is 48.9 Å². The fourth-order valence-corrected chi connectivity index (χ4v) is 3.64. The molecule has 0 spiro atoms. The van der Waals surface area contributed by atoms with E-state index in [4.69, 9.17) is 4.84 Å². The van der Waals surface area contributed by atoms with Gasteiger partial charge in [0.2, 0.25) is 0 Å².